The first-order chi connectivity index (χ1) is 17.6. The van der Waals surface area contributed by atoms with Crippen LogP contribution in [0, 0.1) is 11.3 Å². The van der Waals surface area contributed by atoms with Crippen LogP contribution in [-0.2, 0) is 26.3 Å². The Labute approximate surface area is 242 Å². The molecule has 3 aromatic carbocycles. The number of halogens is 2. The normalized spacial score (nSPS) is 18.2. The van der Waals surface area contributed by atoms with Gasteiger partial charge in [0.25, 0.3) is 0 Å². The number of rotatable bonds is 5. The molecular weight excluding hydrogens is 576 g/mol. The zero-order chi connectivity index (χ0) is 27.1. The van der Waals surface area contributed by atoms with Gasteiger partial charge in [0.15, 0.2) is 0 Å². The summed E-state index contributed by atoms with van der Waals surface area (Å²) in [5.74, 6) is 1.10. The average molecular weight is 616 g/mol. The molecule has 3 aromatic rings. The number of aromatic hydroxyl groups is 1. The van der Waals surface area contributed by atoms with Crippen molar-refractivity contribution in [1.82, 2.24) is 0 Å². The van der Waals surface area contributed by atoms with E-state index < -0.39 is 20.8 Å². The molecule has 0 saturated heterocycles. The molecule has 4 rings (SSSR count). The SMILES string of the molecule is CC(C)(c1ccccc1)c1ccc(-c2ccccc2)c(C=NC2CCC(C(C)(C)C)CC2)c1O.[Cl][Zr][Cl]. The van der Waals surface area contributed by atoms with Crippen molar-refractivity contribution in [2.75, 3.05) is 0 Å². The van der Waals surface area contributed by atoms with Crippen LogP contribution in [0.3, 0.4) is 0 Å². The molecule has 0 amide bonds. The van der Waals surface area contributed by atoms with Gasteiger partial charge in [0, 0.05) is 28.8 Å². The van der Waals surface area contributed by atoms with Crippen LogP contribution in [0.15, 0.2) is 77.8 Å². The van der Waals surface area contributed by atoms with E-state index in [1.54, 1.807) is 0 Å². The van der Waals surface area contributed by atoms with Gasteiger partial charge >= 0.3 is 37.9 Å². The standard InChI is InChI=1S/C32H39NO.2ClH.Zr/c1-31(2,3)24-16-18-26(19-17-24)33-22-28-27(23-12-8-6-9-13-23)20-21-29(30(28)34)32(4,5)25-14-10-7-11-15-25;;;/h6-15,20-22,24,26,34H,16-19H2,1-5H3;2*1H;/q;;;+2/p-2. The second-order valence-corrected chi connectivity index (χ2v) is 15.2. The molecule has 196 valence electrons. The van der Waals surface area contributed by atoms with Crippen LogP contribution >= 0.6 is 17.0 Å². The minimum atomic E-state index is -0.826. The first kappa shape index (κ1) is 30.1. The second-order valence-electron chi connectivity index (χ2n) is 11.5. The molecule has 5 heteroatoms. The van der Waals surface area contributed by atoms with Gasteiger partial charge in [-0.1, -0.05) is 107 Å². The van der Waals surface area contributed by atoms with E-state index in [2.05, 4.69) is 83.1 Å². The number of hydrogen-bond donors (Lipinski definition) is 1. The third-order valence-electron chi connectivity index (χ3n) is 7.81. The van der Waals surface area contributed by atoms with Gasteiger partial charge in [-0.05, 0) is 53.7 Å². The summed E-state index contributed by atoms with van der Waals surface area (Å²) >= 11 is -0.826. The van der Waals surface area contributed by atoms with Gasteiger partial charge in [-0.3, -0.25) is 4.99 Å². The number of benzene rings is 3. The summed E-state index contributed by atoms with van der Waals surface area (Å²) in [4.78, 5) is 5.03. The molecule has 0 aliphatic heterocycles. The molecule has 2 nitrogen and oxygen atoms in total. The van der Waals surface area contributed by atoms with Crippen LogP contribution in [0.4, 0.5) is 0 Å². The van der Waals surface area contributed by atoms with Gasteiger partial charge in [0.05, 0.1) is 0 Å². The third-order valence-corrected chi connectivity index (χ3v) is 7.81. The molecule has 0 aromatic heterocycles. The van der Waals surface area contributed by atoms with Crippen molar-refractivity contribution < 1.29 is 26.0 Å². The van der Waals surface area contributed by atoms with Crippen LogP contribution in [0.1, 0.15) is 77.0 Å². The molecule has 1 saturated carbocycles. The van der Waals surface area contributed by atoms with Crippen LogP contribution in [-0.4, -0.2) is 17.4 Å². The molecule has 0 atom stereocenters. The fraction of sp³-hybridized carbons (Fsp3) is 0.406. The van der Waals surface area contributed by atoms with Gasteiger partial charge < -0.3 is 5.11 Å². The van der Waals surface area contributed by atoms with E-state index in [-0.39, 0.29) is 5.41 Å². The maximum absolute atomic E-state index is 11.6. The predicted molar refractivity (Wildman–Crippen MR) is 157 cm³/mol. The number of aliphatic imine (C=N–C) groups is 1. The Morgan fingerprint density at radius 2 is 1.35 bits per heavy atom. The summed E-state index contributed by atoms with van der Waals surface area (Å²) in [6, 6.07) is 25.3. The van der Waals surface area contributed by atoms with E-state index in [9.17, 15) is 5.11 Å². The van der Waals surface area contributed by atoms with Gasteiger partial charge in [0.1, 0.15) is 5.75 Å². The van der Waals surface area contributed by atoms with Crippen molar-refractivity contribution in [2.24, 2.45) is 16.3 Å². The monoisotopic (exact) mass is 613 g/mol. The summed E-state index contributed by atoms with van der Waals surface area (Å²) in [6.07, 6.45) is 6.64. The van der Waals surface area contributed by atoms with Gasteiger partial charge in [0.2, 0.25) is 0 Å². The molecule has 0 heterocycles. The second kappa shape index (κ2) is 13.6. The molecule has 0 bridgehead atoms. The van der Waals surface area contributed by atoms with Crippen molar-refractivity contribution in [3.8, 4) is 16.9 Å². The third kappa shape index (κ3) is 7.81. The predicted octanol–water partition coefficient (Wildman–Crippen LogP) is 9.79. The van der Waals surface area contributed by atoms with Crippen molar-refractivity contribution in [3.63, 3.8) is 0 Å². The Bertz CT molecular complexity index is 1150. The van der Waals surface area contributed by atoms with Crippen molar-refractivity contribution in [1.29, 1.82) is 0 Å². The molecule has 0 unspecified atom stereocenters. The summed E-state index contributed by atoms with van der Waals surface area (Å²) in [5, 5.41) is 11.6. The van der Waals surface area contributed by atoms with Gasteiger partial charge in [-0.25, -0.2) is 0 Å². The number of phenolic OH excluding ortho intramolecular Hbond substituents is 1. The first-order valence-electron chi connectivity index (χ1n) is 13.1. The number of nitrogens with zero attached hydrogens (tertiary/aromatic N) is 1. The van der Waals surface area contributed by atoms with Crippen LogP contribution in [0.25, 0.3) is 11.1 Å². The number of phenols is 1. The van der Waals surface area contributed by atoms with E-state index >= 15 is 0 Å². The summed E-state index contributed by atoms with van der Waals surface area (Å²) in [7, 11) is 9.87. The van der Waals surface area contributed by atoms with Crippen molar-refractivity contribution in [2.45, 2.75) is 71.8 Å². The molecule has 1 N–H and O–H groups in total. The Morgan fingerprint density at radius 3 is 1.89 bits per heavy atom. The average Bonchev–Trinajstić information content (AvgIpc) is 2.89. The van der Waals surface area contributed by atoms with E-state index in [0.717, 1.165) is 41.0 Å². The molecule has 1 aliphatic carbocycles. The number of hydrogen-bond acceptors (Lipinski definition) is 2. The molecule has 0 radical (unpaired) electrons. The quantitative estimate of drug-likeness (QED) is 0.285. The topological polar surface area (TPSA) is 32.6 Å². The van der Waals surface area contributed by atoms with Crippen LogP contribution in [0.5, 0.6) is 5.75 Å². The summed E-state index contributed by atoms with van der Waals surface area (Å²) in [5.41, 5.74) is 5.10. The Morgan fingerprint density at radius 1 is 0.811 bits per heavy atom. The van der Waals surface area contributed by atoms with E-state index in [1.165, 1.54) is 18.4 Å². The van der Waals surface area contributed by atoms with Crippen LogP contribution < -0.4 is 0 Å². The molecule has 1 aliphatic rings. The molecule has 1 fully saturated rings. The molecule has 37 heavy (non-hydrogen) atoms. The van der Waals surface area contributed by atoms with Gasteiger partial charge in [-0.2, -0.15) is 0 Å². The van der Waals surface area contributed by atoms with Crippen LogP contribution in [0.2, 0.25) is 0 Å². The molecule has 0 spiro atoms. The maximum atomic E-state index is 11.6. The van der Waals surface area contributed by atoms with E-state index in [0.29, 0.717) is 17.2 Å². The Hall–Kier alpha value is -1.41. The van der Waals surface area contributed by atoms with Crippen molar-refractivity contribution in [3.05, 3.63) is 89.5 Å². The zero-order valence-corrected chi connectivity index (χ0v) is 26.6. The summed E-state index contributed by atoms with van der Waals surface area (Å²) < 4.78 is 0. The van der Waals surface area contributed by atoms with E-state index in [1.807, 2.05) is 30.5 Å². The first-order valence-corrected chi connectivity index (χ1v) is 19.4. The molecular formula is C32H39Cl2NOZr. The summed E-state index contributed by atoms with van der Waals surface area (Å²) in [6.45, 7) is 11.4. The Balaban J connectivity index is 0.00000121. The zero-order valence-electron chi connectivity index (χ0n) is 22.6. The van der Waals surface area contributed by atoms with E-state index in [4.69, 9.17) is 22.0 Å². The van der Waals surface area contributed by atoms with Crippen molar-refractivity contribution >= 4 is 23.2 Å². The Kier molecular flexibility index (Phi) is 11.1. The fourth-order valence-electron chi connectivity index (χ4n) is 5.39. The van der Waals surface area contributed by atoms with Gasteiger partial charge in [-0.15, -0.1) is 0 Å². The minimum absolute atomic E-state index is 0.325. The fourth-order valence-corrected chi connectivity index (χ4v) is 5.39.